The van der Waals surface area contributed by atoms with E-state index >= 15 is 0 Å². The molecule has 120 valence electrons. The molecule has 2 rings (SSSR count). The summed E-state index contributed by atoms with van der Waals surface area (Å²) in [6.45, 7) is -0.00911. The Hall–Kier alpha value is -2.83. The van der Waals surface area contributed by atoms with E-state index in [1.807, 2.05) is 0 Å². The summed E-state index contributed by atoms with van der Waals surface area (Å²) in [5.74, 6) is -3.91. The van der Waals surface area contributed by atoms with Gasteiger partial charge in [-0.1, -0.05) is 12.1 Å². The van der Waals surface area contributed by atoms with Gasteiger partial charge >= 0.3 is 0 Å². The van der Waals surface area contributed by atoms with Gasteiger partial charge in [-0.2, -0.15) is 0 Å². The molecule has 0 spiro atoms. The number of nitrogens with one attached hydrogen (secondary N) is 2. The van der Waals surface area contributed by atoms with Gasteiger partial charge in [-0.15, -0.1) is 0 Å². The standard InChI is InChI=1S/C16H13F3N2O2/c17-11-4-1-3-10(9-11)15(22)20-7-8-21-16(23)14-12(18)5-2-6-13(14)19/h1-6,9H,7-8H2,(H,20,22)(H,21,23). The number of amides is 2. The molecule has 2 aromatic carbocycles. The largest absolute Gasteiger partial charge is 0.350 e. The first-order valence-corrected chi connectivity index (χ1v) is 6.75. The molecule has 2 aromatic rings. The Morgan fingerprint density at radius 1 is 0.826 bits per heavy atom. The maximum Gasteiger partial charge on any atom is 0.257 e. The Morgan fingerprint density at radius 3 is 2.00 bits per heavy atom. The fraction of sp³-hybridized carbons (Fsp3) is 0.125. The molecular formula is C16H13F3N2O2. The second kappa shape index (κ2) is 7.44. The normalized spacial score (nSPS) is 10.2. The lowest BCUT2D eigenvalue weighted by Crippen LogP contribution is -2.35. The van der Waals surface area contributed by atoms with Crippen molar-refractivity contribution in [2.45, 2.75) is 0 Å². The highest BCUT2D eigenvalue weighted by molar-refractivity contribution is 5.95. The van der Waals surface area contributed by atoms with Crippen LogP contribution >= 0.6 is 0 Å². The van der Waals surface area contributed by atoms with Gasteiger partial charge in [-0.3, -0.25) is 9.59 Å². The maximum atomic E-state index is 13.4. The first-order valence-electron chi connectivity index (χ1n) is 6.75. The van der Waals surface area contributed by atoms with Crippen LogP contribution in [0.1, 0.15) is 20.7 Å². The molecule has 0 aliphatic carbocycles. The Kier molecular flexibility index (Phi) is 5.35. The van der Waals surface area contributed by atoms with Gasteiger partial charge in [0, 0.05) is 18.7 Å². The fourth-order valence-corrected chi connectivity index (χ4v) is 1.89. The molecule has 0 saturated heterocycles. The van der Waals surface area contributed by atoms with E-state index in [9.17, 15) is 22.8 Å². The van der Waals surface area contributed by atoms with Crippen molar-refractivity contribution in [3.8, 4) is 0 Å². The van der Waals surface area contributed by atoms with E-state index < -0.39 is 34.8 Å². The first kappa shape index (κ1) is 16.5. The van der Waals surface area contributed by atoms with Crippen LogP contribution in [0.2, 0.25) is 0 Å². The van der Waals surface area contributed by atoms with Crippen LogP contribution in [0.4, 0.5) is 13.2 Å². The van der Waals surface area contributed by atoms with E-state index in [1.54, 1.807) is 0 Å². The number of rotatable bonds is 5. The van der Waals surface area contributed by atoms with E-state index in [4.69, 9.17) is 0 Å². The minimum atomic E-state index is -0.966. The Morgan fingerprint density at radius 2 is 1.39 bits per heavy atom. The van der Waals surface area contributed by atoms with Crippen molar-refractivity contribution in [1.82, 2.24) is 10.6 Å². The molecule has 2 N–H and O–H groups in total. The van der Waals surface area contributed by atoms with E-state index in [-0.39, 0.29) is 18.7 Å². The molecule has 2 amide bonds. The molecule has 0 aromatic heterocycles. The highest BCUT2D eigenvalue weighted by atomic mass is 19.1. The lowest BCUT2D eigenvalue weighted by Gasteiger charge is -2.08. The maximum absolute atomic E-state index is 13.4. The molecule has 0 saturated carbocycles. The topological polar surface area (TPSA) is 58.2 Å². The van der Waals surface area contributed by atoms with Crippen molar-refractivity contribution >= 4 is 11.8 Å². The number of benzene rings is 2. The summed E-state index contributed by atoms with van der Waals surface area (Å²) in [5.41, 5.74) is -0.541. The van der Waals surface area contributed by atoms with E-state index in [2.05, 4.69) is 10.6 Å². The summed E-state index contributed by atoms with van der Waals surface area (Å²) < 4.78 is 39.8. The molecule has 23 heavy (non-hydrogen) atoms. The van der Waals surface area contributed by atoms with Crippen LogP contribution < -0.4 is 10.6 Å². The predicted molar refractivity (Wildman–Crippen MR) is 77.4 cm³/mol. The monoisotopic (exact) mass is 322 g/mol. The van der Waals surface area contributed by atoms with E-state index in [0.717, 1.165) is 24.3 Å². The molecule has 0 heterocycles. The van der Waals surface area contributed by atoms with Crippen molar-refractivity contribution in [2.75, 3.05) is 13.1 Å². The molecule has 7 heteroatoms. The van der Waals surface area contributed by atoms with Crippen molar-refractivity contribution < 1.29 is 22.8 Å². The molecule has 0 aliphatic heterocycles. The molecule has 4 nitrogen and oxygen atoms in total. The SMILES string of the molecule is O=C(NCCNC(=O)c1c(F)cccc1F)c1cccc(F)c1. The average molecular weight is 322 g/mol. The van der Waals surface area contributed by atoms with Crippen LogP contribution in [0.25, 0.3) is 0 Å². The van der Waals surface area contributed by atoms with Gasteiger partial charge in [0.1, 0.15) is 23.0 Å². The van der Waals surface area contributed by atoms with Crippen LogP contribution in [-0.4, -0.2) is 24.9 Å². The van der Waals surface area contributed by atoms with Gasteiger partial charge in [0.2, 0.25) is 0 Å². The van der Waals surface area contributed by atoms with Gasteiger partial charge in [0.25, 0.3) is 11.8 Å². The van der Waals surface area contributed by atoms with Gasteiger partial charge < -0.3 is 10.6 Å². The third-order valence-corrected chi connectivity index (χ3v) is 2.97. The van der Waals surface area contributed by atoms with Crippen LogP contribution in [0.5, 0.6) is 0 Å². The van der Waals surface area contributed by atoms with Gasteiger partial charge in [-0.25, -0.2) is 13.2 Å². The first-order chi connectivity index (χ1) is 11.0. The zero-order chi connectivity index (χ0) is 16.8. The zero-order valence-corrected chi connectivity index (χ0v) is 11.9. The predicted octanol–water partition coefficient (Wildman–Crippen LogP) is 2.26. The van der Waals surface area contributed by atoms with Crippen molar-refractivity contribution in [3.63, 3.8) is 0 Å². The Bertz CT molecular complexity index is 715. The minimum absolute atomic E-state index is 0.0250. The second-order valence-corrected chi connectivity index (χ2v) is 4.62. The molecule has 0 fully saturated rings. The quantitative estimate of drug-likeness (QED) is 0.830. The lowest BCUT2D eigenvalue weighted by atomic mass is 10.2. The highest BCUT2D eigenvalue weighted by Gasteiger charge is 2.16. The number of halogens is 3. The molecule has 0 aliphatic rings. The summed E-state index contributed by atoms with van der Waals surface area (Å²) >= 11 is 0. The number of carbonyl (C=O) groups excluding carboxylic acids is 2. The van der Waals surface area contributed by atoms with E-state index in [0.29, 0.717) is 0 Å². The number of hydrogen-bond acceptors (Lipinski definition) is 2. The highest BCUT2D eigenvalue weighted by Crippen LogP contribution is 2.11. The number of hydrogen-bond donors (Lipinski definition) is 2. The Labute approximate surface area is 130 Å². The minimum Gasteiger partial charge on any atom is -0.350 e. The molecule has 0 radical (unpaired) electrons. The van der Waals surface area contributed by atoms with Crippen LogP contribution in [-0.2, 0) is 0 Å². The second-order valence-electron chi connectivity index (χ2n) is 4.62. The summed E-state index contributed by atoms with van der Waals surface area (Å²) in [6.07, 6.45) is 0. The zero-order valence-electron chi connectivity index (χ0n) is 11.9. The van der Waals surface area contributed by atoms with Gasteiger partial charge in [0.05, 0.1) is 0 Å². The molecule has 0 unspecified atom stereocenters. The molecular weight excluding hydrogens is 309 g/mol. The Balaban J connectivity index is 1.83. The van der Waals surface area contributed by atoms with Crippen LogP contribution in [0.3, 0.4) is 0 Å². The smallest absolute Gasteiger partial charge is 0.257 e. The van der Waals surface area contributed by atoms with Gasteiger partial charge in [-0.05, 0) is 30.3 Å². The lowest BCUT2D eigenvalue weighted by molar-refractivity contribution is 0.0922. The fourth-order valence-electron chi connectivity index (χ4n) is 1.89. The number of carbonyl (C=O) groups is 2. The van der Waals surface area contributed by atoms with Crippen molar-refractivity contribution in [2.24, 2.45) is 0 Å². The third kappa shape index (κ3) is 4.32. The average Bonchev–Trinajstić information content (AvgIpc) is 2.51. The molecule has 0 atom stereocenters. The third-order valence-electron chi connectivity index (χ3n) is 2.97. The summed E-state index contributed by atoms with van der Waals surface area (Å²) in [4.78, 5) is 23.4. The summed E-state index contributed by atoms with van der Waals surface area (Å²) in [6, 6.07) is 8.22. The van der Waals surface area contributed by atoms with Crippen LogP contribution in [0, 0.1) is 17.5 Å². The van der Waals surface area contributed by atoms with Gasteiger partial charge in [0.15, 0.2) is 0 Å². The van der Waals surface area contributed by atoms with Crippen molar-refractivity contribution in [1.29, 1.82) is 0 Å². The molecule has 0 bridgehead atoms. The summed E-state index contributed by atoms with van der Waals surface area (Å²) in [5, 5.41) is 4.75. The van der Waals surface area contributed by atoms with Crippen molar-refractivity contribution in [3.05, 3.63) is 71.0 Å². The summed E-state index contributed by atoms with van der Waals surface area (Å²) in [7, 11) is 0. The van der Waals surface area contributed by atoms with E-state index in [1.165, 1.54) is 18.2 Å². The van der Waals surface area contributed by atoms with Crippen LogP contribution in [0.15, 0.2) is 42.5 Å².